The molecule has 1 aliphatic heterocycles. The molecule has 2 aromatic rings. The lowest BCUT2D eigenvalue weighted by atomic mass is 10.1. The van der Waals surface area contributed by atoms with E-state index in [2.05, 4.69) is 21.6 Å². The Labute approximate surface area is 118 Å². The molecule has 5 heteroatoms. The zero-order chi connectivity index (χ0) is 14.1. The Bertz CT molecular complexity index is 628. The molecule has 0 bridgehead atoms. The number of hydrogen-bond acceptors (Lipinski definition) is 3. The summed E-state index contributed by atoms with van der Waals surface area (Å²) in [5, 5.41) is 10.4. The standard InChI is InChI=1S/C15H18N4O/c1-10-14(11(2)18-17-10)15(20)19-8-7-16-9-12-5-3-4-6-13(12)19/h3-6,16H,7-9H2,1-2H3,(H,17,18). The number of fused-ring (bicyclic) bond motifs is 1. The van der Waals surface area contributed by atoms with Gasteiger partial charge in [-0.2, -0.15) is 5.10 Å². The van der Waals surface area contributed by atoms with Crippen LogP contribution in [0.1, 0.15) is 27.3 Å². The van der Waals surface area contributed by atoms with E-state index in [9.17, 15) is 4.79 Å². The van der Waals surface area contributed by atoms with Gasteiger partial charge in [0, 0.05) is 31.0 Å². The van der Waals surface area contributed by atoms with Gasteiger partial charge >= 0.3 is 0 Å². The maximum absolute atomic E-state index is 12.9. The summed E-state index contributed by atoms with van der Waals surface area (Å²) >= 11 is 0. The highest BCUT2D eigenvalue weighted by atomic mass is 16.2. The van der Waals surface area contributed by atoms with E-state index in [4.69, 9.17) is 0 Å². The van der Waals surface area contributed by atoms with Crippen LogP contribution in [0, 0.1) is 13.8 Å². The Hall–Kier alpha value is -2.14. The number of aryl methyl sites for hydroxylation is 2. The van der Waals surface area contributed by atoms with E-state index in [1.807, 2.05) is 36.9 Å². The van der Waals surface area contributed by atoms with Crippen LogP contribution in [0.25, 0.3) is 0 Å². The monoisotopic (exact) mass is 270 g/mol. The smallest absolute Gasteiger partial charge is 0.262 e. The van der Waals surface area contributed by atoms with Crippen molar-refractivity contribution < 1.29 is 4.79 Å². The first-order valence-electron chi connectivity index (χ1n) is 6.80. The minimum Gasteiger partial charge on any atom is -0.311 e. The van der Waals surface area contributed by atoms with Gasteiger partial charge < -0.3 is 10.2 Å². The van der Waals surface area contributed by atoms with Gasteiger partial charge in [0.15, 0.2) is 0 Å². The number of carbonyl (C=O) groups excluding carboxylic acids is 1. The topological polar surface area (TPSA) is 61.0 Å². The van der Waals surface area contributed by atoms with Crippen molar-refractivity contribution >= 4 is 11.6 Å². The Kier molecular flexibility index (Phi) is 3.28. The van der Waals surface area contributed by atoms with Crippen molar-refractivity contribution in [3.05, 3.63) is 46.8 Å². The van der Waals surface area contributed by atoms with Gasteiger partial charge in [0.05, 0.1) is 11.3 Å². The molecule has 3 rings (SSSR count). The fourth-order valence-electron chi connectivity index (χ4n) is 2.67. The molecule has 1 aliphatic rings. The van der Waals surface area contributed by atoms with Crippen molar-refractivity contribution in [1.82, 2.24) is 15.5 Å². The summed E-state index contributed by atoms with van der Waals surface area (Å²) in [5.74, 6) is 0.0184. The van der Waals surface area contributed by atoms with Gasteiger partial charge in [-0.25, -0.2) is 0 Å². The minimum absolute atomic E-state index is 0.0184. The molecule has 0 fully saturated rings. The first-order valence-corrected chi connectivity index (χ1v) is 6.80. The van der Waals surface area contributed by atoms with Crippen LogP contribution in [0.4, 0.5) is 5.69 Å². The normalized spacial score (nSPS) is 14.8. The van der Waals surface area contributed by atoms with E-state index in [0.717, 1.165) is 35.7 Å². The molecule has 0 aliphatic carbocycles. The van der Waals surface area contributed by atoms with Crippen molar-refractivity contribution in [3.8, 4) is 0 Å². The number of nitrogens with zero attached hydrogens (tertiary/aromatic N) is 2. The Morgan fingerprint density at radius 1 is 1.30 bits per heavy atom. The molecule has 0 spiro atoms. The molecular formula is C15H18N4O. The predicted molar refractivity (Wildman–Crippen MR) is 77.9 cm³/mol. The lowest BCUT2D eigenvalue weighted by Gasteiger charge is -2.22. The second kappa shape index (κ2) is 5.09. The van der Waals surface area contributed by atoms with Gasteiger partial charge in [-0.3, -0.25) is 9.89 Å². The number of hydrogen-bond donors (Lipinski definition) is 2. The number of rotatable bonds is 1. The highest BCUT2D eigenvalue weighted by Crippen LogP contribution is 2.25. The number of benzene rings is 1. The molecule has 2 N–H and O–H groups in total. The largest absolute Gasteiger partial charge is 0.311 e. The molecule has 104 valence electrons. The highest BCUT2D eigenvalue weighted by Gasteiger charge is 2.25. The molecule has 0 radical (unpaired) electrons. The second-order valence-electron chi connectivity index (χ2n) is 5.07. The van der Waals surface area contributed by atoms with E-state index in [0.29, 0.717) is 12.1 Å². The van der Waals surface area contributed by atoms with Gasteiger partial charge in [-0.1, -0.05) is 18.2 Å². The fourth-order valence-corrected chi connectivity index (χ4v) is 2.67. The summed E-state index contributed by atoms with van der Waals surface area (Å²) in [5.41, 5.74) is 4.39. The van der Waals surface area contributed by atoms with E-state index in [1.54, 1.807) is 0 Å². The fraction of sp³-hybridized carbons (Fsp3) is 0.333. The third kappa shape index (κ3) is 2.10. The van der Waals surface area contributed by atoms with Crippen molar-refractivity contribution in [3.63, 3.8) is 0 Å². The first kappa shape index (κ1) is 12.9. The van der Waals surface area contributed by atoms with Crippen LogP contribution < -0.4 is 10.2 Å². The maximum Gasteiger partial charge on any atom is 0.262 e. The zero-order valence-electron chi connectivity index (χ0n) is 11.7. The third-order valence-corrected chi connectivity index (χ3v) is 3.70. The van der Waals surface area contributed by atoms with Gasteiger partial charge in [0.25, 0.3) is 5.91 Å². The molecule has 5 nitrogen and oxygen atoms in total. The first-order chi connectivity index (χ1) is 9.68. The van der Waals surface area contributed by atoms with E-state index < -0.39 is 0 Å². The third-order valence-electron chi connectivity index (χ3n) is 3.70. The van der Waals surface area contributed by atoms with E-state index in [-0.39, 0.29) is 5.91 Å². The number of H-pyrrole nitrogens is 1. The number of carbonyl (C=O) groups is 1. The molecule has 1 aromatic heterocycles. The average molecular weight is 270 g/mol. The van der Waals surface area contributed by atoms with Crippen molar-refractivity contribution in [1.29, 1.82) is 0 Å². The average Bonchev–Trinajstić information content (AvgIpc) is 2.67. The maximum atomic E-state index is 12.9. The Balaban J connectivity index is 2.04. The number of aromatic nitrogens is 2. The van der Waals surface area contributed by atoms with Crippen LogP contribution in [-0.4, -0.2) is 29.2 Å². The molecule has 1 aromatic carbocycles. The van der Waals surface area contributed by atoms with Crippen LogP contribution in [-0.2, 0) is 6.54 Å². The Morgan fingerprint density at radius 2 is 2.10 bits per heavy atom. The highest BCUT2D eigenvalue weighted by molar-refractivity contribution is 6.08. The quantitative estimate of drug-likeness (QED) is 0.830. The van der Waals surface area contributed by atoms with Crippen LogP contribution in [0.3, 0.4) is 0 Å². The molecule has 0 saturated heterocycles. The summed E-state index contributed by atoms with van der Waals surface area (Å²) in [6, 6.07) is 8.04. The number of amides is 1. The van der Waals surface area contributed by atoms with Gasteiger partial charge in [0.1, 0.15) is 0 Å². The molecule has 1 amide bonds. The van der Waals surface area contributed by atoms with Crippen LogP contribution in [0.2, 0.25) is 0 Å². The van der Waals surface area contributed by atoms with Crippen LogP contribution in [0.5, 0.6) is 0 Å². The zero-order valence-corrected chi connectivity index (χ0v) is 11.7. The predicted octanol–water partition coefficient (Wildman–Crippen LogP) is 1.78. The van der Waals surface area contributed by atoms with E-state index in [1.165, 1.54) is 0 Å². The van der Waals surface area contributed by atoms with Crippen molar-refractivity contribution in [2.24, 2.45) is 0 Å². The Morgan fingerprint density at radius 3 is 2.85 bits per heavy atom. The summed E-state index contributed by atoms with van der Waals surface area (Å²) < 4.78 is 0. The lowest BCUT2D eigenvalue weighted by Crippen LogP contribution is -2.35. The summed E-state index contributed by atoms with van der Waals surface area (Å²) in [4.78, 5) is 14.7. The molecule has 2 heterocycles. The molecular weight excluding hydrogens is 252 g/mol. The molecule has 0 unspecified atom stereocenters. The molecule has 0 saturated carbocycles. The summed E-state index contributed by atoms with van der Waals surface area (Å²) in [7, 11) is 0. The molecule has 0 atom stereocenters. The molecule has 20 heavy (non-hydrogen) atoms. The number of para-hydroxylation sites is 1. The van der Waals surface area contributed by atoms with Gasteiger partial charge in [0.2, 0.25) is 0 Å². The SMILES string of the molecule is Cc1n[nH]c(C)c1C(=O)N1CCNCc2ccccc21. The summed E-state index contributed by atoms with van der Waals surface area (Å²) in [6.45, 7) is 5.99. The lowest BCUT2D eigenvalue weighted by molar-refractivity contribution is 0.0986. The second-order valence-corrected chi connectivity index (χ2v) is 5.07. The van der Waals surface area contributed by atoms with Crippen LogP contribution >= 0.6 is 0 Å². The van der Waals surface area contributed by atoms with E-state index >= 15 is 0 Å². The number of nitrogens with one attached hydrogen (secondary N) is 2. The van der Waals surface area contributed by atoms with Gasteiger partial charge in [-0.15, -0.1) is 0 Å². The van der Waals surface area contributed by atoms with Crippen molar-refractivity contribution in [2.75, 3.05) is 18.0 Å². The number of aromatic amines is 1. The van der Waals surface area contributed by atoms with Gasteiger partial charge in [-0.05, 0) is 25.5 Å². The summed E-state index contributed by atoms with van der Waals surface area (Å²) in [6.07, 6.45) is 0. The number of anilines is 1. The van der Waals surface area contributed by atoms with Crippen molar-refractivity contribution in [2.45, 2.75) is 20.4 Å². The minimum atomic E-state index is 0.0184. The van der Waals surface area contributed by atoms with Crippen LogP contribution in [0.15, 0.2) is 24.3 Å².